The molecule has 0 amide bonds. The highest BCUT2D eigenvalue weighted by atomic mass is 32.2. The predicted octanol–water partition coefficient (Wildman–Crippen LogP) is 4.04. The second-order valence-electron chi connectivity index (χ2n) is 4.49. The second kappa shape index (κ2) is 8.44. The van der Waals surface area contributed by atoms with Crippen LogP contribution in [0, 0.1) is 0 Å². The van der Waals surface area contributed by atoms with Gasteiger partial charge in [0.1, 0.15) is 5.75 Å². The van der Waals surface area contributed by atoms with E-state index in [-0.39, 0.29) is 6.10 Å². The number of benzene rings is 1. The first-order valence-corrected chi connectivity index (χ1v) is 7.74. The van der Waals surface area contributed by atoms with Crippen LogP contribution >= 0.6 is 11.8 Å². The van der Waals surface area contributed by atoms with Gasteiger partial charge in [-0.2, -0.15) is 11.8 Å². The van der Waals surface area contributed by atoms with Crippen LogP contribution in [0.1, 0.15) is 45.3 Å². The largest absolute Gasteiger partial charge is 0.494 e. The minimum atomic E-state index is -0.385. The molecule has 0 fully saturated rings. The van der Waals surface area contributed by atoms with Crippen LogP contribution in [0.3, 0.4) is 0 Å². The SMILES string of the molecule is CCCOc1ccc(C(O)CSC(C)CC)cc1. The van der Waals surface area contributed by atoms with Gasteiger partial charge < -0.3 is 9.84 Å². The minimum Gasteiger partial charge on any atom is -0.494 e. The van der Waals surface area contributed by atoms with Crippen molar-refractivity contribution in [1.82, 2.24) is 0 Å². The fourth-order valence-electron chi connectivity index (χ4n) is 1.48. The molecular formula is C15H24O2S. The van der Waals surface area contributed by atoms with E-state index in [0.717, 1.165) is 36.5 Å². The van der Waals surface area contributed by atoms with Crippen molar-refractivity contribution in [3.63, 3.8) is 0 Å². The fourth-order valence-corrected chi connectivity index (χ4v) is 2.41. The van der Waals surface area contributed by atoms with Crippen LogP contribution in [0.25, 0.3) is 0 Å². The molecule has 1 aromatic rings. The Balaban J connectivity index is 2.45. The van der Waals surface area contributed by atoms with Crippen LogP contribution in [0.4, 0.5) is 0 Å². The summed E-state index contributed by atoms with van der Waals surface area (Å²) in [5, 5.41) is 10.7. The molecule has 3 heteroatoms. The zero-order valence-corrected chi connectivity index (χ0v) is 12.4. The molecule has 1 aromatic carbocycles. The summed E-state index contributed by atoms with van der Waals surface area (Å²) in [6.07, 6.45) is 1.76. The van der Waals surface area contributed by atoms with E-state index in [2.05, 4.69) is 20.8 Å². The topological polar surface area (TPSA) is 29.5 Å². The monoisotopic (exact) mass is 268 g/mol. The van der Waals surface area contributed by atoms with E-state index in [1.807, 2.05) is 36.0 Å². The van der Waals surface area contributed by atoms with Gasteiger partial charge in [0, 0.05) is 11.0 Å². The van der Waals surface area contributed by atoms with E-state index in [1.165, 1.54) is 0 Å². The standard InChI is InChI=1S/C15H24O2S/c1-4-10-17-14-8-6-13(7-9-14)15(16)11-18-12(3)5-2/h6-9,12,15-16H,4-5,10-11H2,1-3H3. The maximum atomic E-state index is 10.1. The van der Waals surface area contributed by atoms with Crippen molar-refractivity contribution in [3.05, 3.63) is 29.8 Å². The maximum Gasteiger partial charge on any atom is 0.119 e. The Morgan fingerprint density at radius 2 is 1.89 bits per heavy atom. The Kier molecular flexibility index (Phi) is 7.21. The molecule has 18 heavy (non-hydrogen) atoms. The van der Waals surface area contributed by atoms with Crippen LogP contribution in [-0.2, 0) is 0 Å². The van der Waals surface area contributed by atoms with Gasteiger partial charge in [0.2, 0.25) is 0 Å². The van der Waals surface area contributed by atoms with Gasteiger partial charge in [-0.15, -0.1) is 0 Å². The Labute approximate surface area is 115 Å². The maximum absolute atomic E-state index is 10.1. The van der Waals surface area contributed by atoms with Crippen molar-refractivity contribution in [2.75, 3.05) is 12.4 Å². The summed E-state index contributed by atoms with van der Waals surface area (Å²) in [5.41, 5.74) is 0.967. The normalized spacial score (nSPS) is 14.2. The first kappa shape index (κ1) is 15.4. The Hall–Kier alpha value is -0.670. The molecule has 0 aliphatic heterocycles. The van der Waals surface area contributed by atoms with E-state index in [0.29, 0.717) is 5.25 Å². The third-order valence-corrected chi connectivity index (χ3v) is 4.26. The highest BCUT2D eigenvalue weighted by Gasteiger charge is 2.09. The van der Waals surface area contributed by atoms with Crippen molar-refractivity contribution >= 4 is 11.8 Å². The zero-order chi connectivity index (χ0) is 13.4. The lowest BCUT2D eigenvalue weighted by Gasteiger charge is -2.14. The van der Waals surface area contributed by atoms with E-state index in [4.69, 9.17) is 4.74 Å². The zero-order valence-electron chi connectivity index (χ0n) is 11.6. The first-order valence-electron chi connectivity index (χ1n) is 6.69. The van der Waals surface area contributed by atoms with Gasteiger partial charge in [0.15, 0.2) is 0 Å². The number of ether oxygens (including phenoxy) is 1. The lowest BCUT2D eigenvalue weighted by molar-refractivity contribution is 0.204. The molecule has 0 heterocycles. The van der Waals surface area contributed by atoms with Crippen LogP contribution in [-0.4, -0.2) is 22.7 Å². The van der Waals surface area contributed by atoms with Crippen molar-refractivity contribution < 1.29 is 9.84 Å². The number of hydrogen-bond donors (Lipinski definition) is 1. The molecule has 102 valence electrons. The molecule has 2 nitrogen and oxygen atoms in total. The van der Waals surface area contributed by atoms with Crippen LogP contribution < -0.4 is 4.74 Å². The Bertz CT molecular complexity index is 324. The lowest BCUT2D eigenvalue weighted by Crippen LogP contribution is -2.04. The molecule has 0 spiro atoms. The summed E-state index contributed by atoms with van der Waals surface area (Å²) in [6, 6.07) is 7.77. The lowest BCUT2D eigenvalue weighted by atomic mass is 10.1. The number of rotatable bonds is 8. The quantitative estimate of drug-likeness (QED) is 0.771. The van der Waals surface area contributed by atoms with Gasteiger partial charge in [0.25, 0.3) is 0 Å². The van der Waals surface area contributed by atoms with Crippen LogP contribution in [0.15, 0.2) is 24.3 Å². The molecule has 0 saturated carbocycles. The minimum absolute atomic E-state index is 0.385. The molecule has 1 N–H and O–H groups in total. The molecule has 1 rings (SSSR count). The summed E-state index contributed by atoms with van der Waals surface area (Å²) in [5.74, 6) is 1.63. The number of aliphatic hydroxyl groups is 1. The second-order valence-corrected chi connectivity index (χ2v) is 5.96. The van der Waals surface area contributed by atoms with Crippen molar-refractivity contribution in [2.45, 2.75) is 45.0 Å². The van der Waals surface area contributed by atoms with Crippen molar-refractivity contribution in [2.24, 2.45) is 0 Å². The van der Waals surface area contributed by atoms with Crippen LogP contribution in [0.2, 0.25) is 0 Å². The van der Waals surface area contributed by atoms with E-state index >= 15 is 0 Å². The number of aliphatic hydroxyl groups excluding tert-OH is 1. The predicted molar refractivity (Wildman–Crippen MR) is 79.4 cm³/mol. The third kappa shape index (κ3) is 5.32. The van der Waals surface area contributed by atoms with Gasteiger partial charge in [-0.3, -0.25) is 0 Å². The van der Waals surface area contributed by atoms with Gasteiger partial charge in [-0.05, 0) is 30.5 Å². The molecule has 0 aromatic heterocycles. The van der Waals surface area contributed by atoms with Gasteiger partial charge in [-0.25, -0.2) is 0 Å². The molecular weight excluding hydrogens is 244 g/mol. The van der Waals surface area contributed by atoms with Gasteiger partial charge >= 0.3 is 0 Å². The van der Waals surface area contributed by atoms with Gasteiger partial charge in [0.05, 0.1) is 12.7 Å². The number of thioether (sulfide) groups is 1. The van der Waals surface area contributed by atoms with Gasteiger partial charge in [-0.1, -0.05) is 32.9 Å². The summed E-state index contributed by atoms with van der Waals surface area (Å²) in [7, 11) is 0. The average Bonchev–Trinajstić information content (AvgIpc) is 2.42. The summed E-state index contributed by atoms with van der Waals surface area (Å²) in [6.45, 7) is 7.19. The molecule has 0 radical (unpaired) electrons. The van der Waals surface area contributed by atoms with Crippen molar-refractivity contribution in [3.8, 4) is 5.75 Å². The van der Waals surface area contributed by atoms with Crippen LogP contribution in [0.5, 0.6) is 5.75 Å². The summed E-state index contributed by atoms with van der Waals surface area (Å²) < 4.78 is 5.52. The molecule has 2 atom stereocenters. The fraction of sp³-hybridized carbons (Fsp3) is 0.600. The van der Waals surface area contributed by atoms with E-state index < -0.39 is 0 Å². The molecule has 0 saturated heterocycles. The summed E-state index contributed by atoms with van der Waals surface area (Å²) in [4.78, 5) is 0. The molecule has 2 unspecified atom stereocenters. The van der Waals surface area contributed by atoms with E-state index in [1.54, 1.807) is 0 Å². The molecule has 0 bridgehead atoms. The number of hydrogen-bond acceptors (Lipinski definition) is 3. The highest BCUT2D eigenvalue weighted by Crippen LogP contribution is 2.24. The first-order chi connectivity index (χ1) is 8.67. The molecule has 0 aliphatic carbocycles. The highest BCUT2D eigenvalue weighted by molar-refractivity contribution is 7.99. The third-order valence-electron chi connectivity index (χ3n) is 2.85. The Morgan fingerprint density at radius 1 is 1.22 bits per heavy atom. The summed E-state index contributed by atoms with van der Waals surface area (Å²) >= 11 is 1.82. The molecule has 0 aliphatic rings. The average molecular weight is 268 g/mol. The van der Waals surface area contributed by atoms with E-state index in [9.17, 15) is 5.11 Å². The van der Waals surface area contributed by atoms with Crippen molar-refractivity contribution in [1.29, 1.82) is 0 Å². The Morgan fingerprint density at radius 3 is 2.44 bits per heavy atom. The smallest absolute Gasteiger partial charge is 0.119 e.